The number of rotatable bonds is 10. The van der Waals surface area contributed by atoms with Crippen LogP contribution in [0, 0.1) is 23.4 Å². The summed E-state index contributed by atoms with van der Waals surface area (Å²) in [6.07, 6.45) is 11.1. The lowest BCUT2D eigenvalue weighted by atomic mass is 9.72. The van der Waals surface area contributed by atoms with E-state index in [1.165, 1.54) is 32.1 Å². The first-order valence-corrected chi connectivity index (χ1v) is 11.5. The van der Waals surface area contributed by atoms with Crippen LogP contribution in [0.4, 0.5) is 18.9 Å². The number of nitrogens with one attached hydrogen (secondary N) is 1. The Balaban J connectivity index is 1.71. The van der Waals surface area contributed by atoms with Crippen LogP contribution < -0.4 is 5.32 Å². The topological polar surface area (TPSA) is 29.1 Å². The normalized spacial score (nSPS) is 17.9. The summed E-state index contributed by atoms with van der Waals surface area (Å²) in [7, 11) is 0. The molecule has 168 valence electrons. The standard InChI is InChI=1S/C26H32F3NO/c1-2-3-4-5-6-7-8-12-19-15-14-18-11-9-10-13-21(18)24(19)26(31)30-25-22(28)16-20(27)17-23(25)29/h9-11,13,16-17,19,24H,2-8,12,14-15H2,1H3,(H,30,31). The van der Waals surface area contributed by atoms with E-state index >= 15 is 0 Å². The number of hydrogen-bond acceptors (Lipinski definition) is 1. The minimum Gasteiger partial charge on any atom is -0.321 e. The van der Waals surface area contributed by atoms with Crippen LogP contribution in [0.25, 0.3) is 0 Å². The van der Waals surface area contributed by atoms with Crippen molar-refractivity contribution in [1.82, 2.24) is 0 Å². The molecule has 1 aliphatic rings. The molecule has 3 rings (SSSR count). The van der Waals surface area contributed by atoms with E-state index in [-0.39, 0.29) is 5.92 Å². The van der Waals surface area contributed by atoms with Crippen molar-refractivity contribution in [3.8, 4) is 0 Å². The molecule has 0 fully saturated rings. The highest BCUT2D eigenvalue weighted by molar-refractivity contribution is 5.96. The molecule has 0 heterocycles. The largest absolute Gasteiger partial charge is 0.321 e. The van der Waals surface area contributed by atoms with E-state index in [9.17, 15) is 18.0 Å². The van der Waals surface area contributed by atoms with E-state index in [2.05, 4.69) is 12.2 Å². The van der Waals surface area contributed by atoms with Crippen LogP contribution >= 0.6 is 0 Å². The number of fused-ring (bicyclic) bond motifs is 1. The molecule has 2 aromatic rings. The molecule has 1 N–H and O–H groups in total. The third kappa shape index (κ3) is 6.11. The van der Waals surface area contributed by atoms with Gasteiger partial charge in [-0.2, -0.15) is 0 Å². The van der Waals surface area contributed by atoms with E-state index in [1.54, 1.807) is 0 Å². The number of anilines is 1. The smallest absolute Gasteiger partial charge is 0.232 e. The van der Waals surface area contributed by atoms with Gasteiger partial charge in [0.05, 0.1) is 5.92 Å². The zero-order valence-corrected chi connectivity index (χ0v) is 18.2. The van der Waals surface area contributed by atoms with Gasteiger partial charge in [-0.05, 0) is 36.3 Å². The second-order valence-corrected chi connectivity index (χ2v) is 8.62. The van der Waals surface area contributed by atoms with Gasteiger partial charge in [-0.15, -0.1) is 0 Å². The lowest BCUT2D eigenvalue weighted by molar-refractivity contribution is -0.119. The molecule has 0 radical (unpaired) electrons. The van der Waals surface area contributed by atoms with Gasteiger partial charge in [0.2, 0.25) is 5.91 Å². The molecule has 1 amide bonds. The van der Waals surface area contributed by atoms with E-state index in [0.717, 1.165) is 43.2 Å². The quantitative estimate of drug-likeness (QED) is 0.387. The summed E-state index contributed by atoms with van der Waals surface area (Å²) in [6.45, 7) is 2.20. The van der Waals surface area contributed by atoms with E-state index in [0.29, 0.717) is 12.1 Å². The molecule has 0 spiro atoms. The van der Waals surface area contributed by atoms with Crippen LogP contribution in [-0.4, -0.2) is 5.91 Å². The first-order chi connectivity index (χ1) is 15.0. The van der Waals surface area contributed by atoms with Crippen LogP contribution in [0.3, 0.4) is 0 Å². The van der Waals surface area contributed by atoms with Gasteiger partial charge in [0.1, 0.15) is 11.5 Å². The van der Waals surface area contributed by atoms with Crippen LogP contribution in [0.1, 0.15) is 81.8 Å². The van der Waals surface area contributed by atoms with Crippen molar-refractivity contribution in [3.63, 3.8) is 0 Å². The van der Waals surface area contributed by atoms with Crippen molar-refractivity contribution < 1.29 is 18.0 Å². The molecule has 0 aromatic heterocycles. The SMILES string of the molecule is CCCCCCCCCC1CCc2ccccc2C1C(=O)Nc1c(F)cc(F)cc1F. The van der Waals surface area contributed by atoms with Crippen LogP contribution in [0.2, 0.25) is 0 Å². The van der Waals surface area contributed by atoms with Crippen molar-refractivity contribution in [1.29, 1.82) is 0 Å². The number of benzene rings is 2. The summed E-state index contributed by atoms with van der Waals surface area (Å²) in [5, 5.41) is 2.42. The van der Waals surface area contributed by atoms with Gasteiger partial charge < -0.3 is 5.32 Å². The molecule has 0 aliphatic heterocycles. The van der Waals surface area contributed by atoms with Gasteiger partial charge in [0.25, 0.3) is 0 Å². The highest BCUT2D eigenvalue weighted by atomic mass is 19.1. The highest BCUT2D eigenvalue weighted by Crippen LogP contribution is 2.40. The van der Waals surface area contributed by atoms with Gasteiger partial charge in [-0.3, -0.25) is 4.79 Å². The average molecular weight is 432 g/mol. The maximum absolute atomic E-state index is 14.1. The first-order valence-electron chi connectivity index (χ1n) is 11.5. The maximum atomic E-state index is 14.1. The van der Waals surface area contributed by atoms with Crippen molar-refractivity contribution >= 4 is 11.6 Å². The third-order valence-corrected chi connectivity index (χ3v) is 6.36. The van der Waals surface area contributed by atoms with Crippen LogP contribution in [-0.2, 0) is 11.2 Å². The number of amides is 1. The van der Waals surface area contributed by atoms with Gasteiger partial charge >= 0.3 is 0 Å². The van der Waals surface area contributed by atoms with Crippen molar-refractivity contribution in [3.05, 3.63) is 65.0 Å². The Hall–Kier alpha value is -2.30. The van der Waals surface area contributed by atoms with Crippen LogP contribution in [0.5, 0.6) is 0 Å². The molecule has 0 bridgehead atoms. The summed E-state index contributed by atoms with van der Waals surface area (Å²) < 4.78 is 41.5. The molecule has 1 aliphatic carbocycles. The highest BCUT2D eigenvalue weighted by Gasteiger charge is 2.35. The molecular weight excluding hydrogens is 399 g/mol. The van der Waals surface area contributed by atoms with Crippen molar-refractivity contribution in [2.75, 3.05) is 5.32 Å². The van der Waals surface area contributed by atoms with Gasteiger partial charge in [-0.1, -0.05) is 76.1 Å². The fraction of sp³-hybridized carbons (Fsp3) is 0.500. The van der Waals surface area contributed by atoms with E-state index < -0.39 is 35.0 Å². The summed E-state index contributed by atoms with van der Waals surface area (Å²) >= 11 is 0. The fourth-order valence-corrected chi connectivity index (χ4v) is 4.72. The Morgan fingerprint density at radius 3 is 2.32 bits per heavy atom. The molecule has 2 aromatic carbocycles. The summed E-state index contributed by atoms with van der Waals surface area (Å²) in [5.41, 5.74) is 1.46. The number of hydrogen-bond donors (Lipinski definition) is 1. The van der Waals surface area contributed by atoms with Crippen LogP contribution in [0.15, 0.2) is 36.4 Å². The minimum absolute atomic E-state index is 0.122. The summed E-state index contributed by atoms with van der Waals surface area (Å²) in [5.74, 6) is -3.97. The lowest BCUT2D eigenvalue weighted by Crippen LogP contribution is -2.32. The molecule has 2 unspecified atom stereocenters. The first kappa shape index (κ1) is 23.4. The molecule has 5 heteroatoms. The predicted molar refractivity (Wildman–Crippen MR) is 119 cm³/mol. The average Bonchev–Trinajstić information content (AvgIpc) is 2.75. The Morgan fingerprint density at radius 2 is 1.61 bits per heavy atom. The number of aryl methyl sites for hydroxylation is 1. The van der Waals surface area contributed by atoms with E-state index in [1.807, 2.05) is 24.3 Å². The molecule has 0 saturated heterocycles. The molecule has 31 heavy (non-hydrogen) atoms. The van der Waals surface area contributed by atoms with Gasteiger partial charge in [-0.25, -0.2) is 13.2 Å². The molecule has 0 saturated carbocycles. The summed E-state index contributed by atoms with van der Waals surface area (Å²) in [6, 6.07) is 8.97. The Labute approximate surface area is 183 Å². The number of halogens is 3. The maximum Gasteiger partial charge on any atom is 0.232 e. The lowest BCUT2D eigenvalue weighted by Gasteiger charge is -2.33. The Morgan fingerprint density at radius 1 is 0.968 bits per heavy atom. The second-order valence-electron chi connectivity index (χ2n) is 8.62. The Kier molecular flexibility index (Phi) is 8.56. The monoisotopic (exact) mass is 431 g/mol. The fourth-order valence-electron chi connectivity index (χ4n) is 4.72. The zero-order valence-electron chi connectivity index (χ0n) is 18.2. The molecular formula is C26H32F3NO. The second kappa shape index (κ2) is 11.4. The number of carbonyl (C=O) groups is 1. The van der Waals surface area contributed by atoms with E-state index in [4.69, 9.17) is 0 Å². The van der Waals surface area contributed by atoms with Gasteiger partial charge in [0.15, 0.2) is 11.6 Å². The zero-order chi connectivity index (χ0) is 22.2. The van der Waals surface area contributed by atoms with Crippen molar-refractivity contribution in [2.24, 2.45) is 5.92 Å². The Bertz CT molecular complexity index is 860. The number of carbonyl (C=O) groups excluding carboxylic acids is 1. The summed E-state index contributed by atoms with van der Waals surface area (Å²) in [4.78, 5) is 13.2. The third-order valence-electron chi connectivity index (χ3n) is 6.36. The van der Waals surface area contributed by atoms with Crippen molar-refractivity contribution in [2.45, 2.75) is 77.0 Å². The minimum atomic E-state index is -1.10. The van der Waals surface area contributed by atoms with Gasteiger partial charge in [0, 0.05) is 12.1 Å². The number of unbranched alkanes of at least 4 members (excludes halogenated alkanes) is 6. The molecule has 2 nitrogen and oxygen atoms in total. The predicted octanol–water partition coefficient (Wildman–Crippen LogP) is 7.53. The molecule has 2 atom stereocenters.